The lowest BCUT2D eigenvalue weighted by Crippen LogP contribution is -2.35. The lowest BCUT2D eigenvalue weighted by Gasteiger charge is -2.20. The first kappa shape index (κ1) is 15.3. The molecule has 0 radical (unpaired) electrons. The molecule has 0 aromatic rings. The van der Waals surface area contributed by atoms with Crippen LogP contribution in [0.5, 0.6) is 0 Å². The molecule has 0 bridgehead atoms. The number of carbonyl (C=O) groups is 2. The van der Waals surface area contributed by atoms with E-state index in [1.165, 1.54) is 0 Å². The van der Waals surface area contributed by atoms with Crippen LogP contribution in [0, 0.1) is 5.41 Å². The molecule has 2 aliphatic heterocycles. The van der Waals surface area contributed by atoms with Crippen molar-refractivity contribution in [3.05, 3.63) is 0 Å². The van der Waals surface area contributed by atoms with Crippen molar-refractivity contribution in [1.29, 1.82) is 0 Å². The van der Waals surface area contributed by atoms with Crippen LogP contribution in [0.2, 0.25) is 0 Å². The predicted molar refractivity (Wildman–Crippen MR) is 71.3 cm³/mol. The van der Waals surface area contributed by atoms with E-state index in [1.807, 2.05) is 0 Å². The van der Waals surface area contributed by atoms with Crippen molar-refractivity contribution in [1.82, 2.24) is 4.90 Å². The van der Waals surface area contributed by atoms with E-state index in [-0.39, 0.29) is 12.0 Å². The number of carboxylic acid groups (broad SMARTS) is 1. The Bertz CT molecular complexity index is 367. The molecular weight excluding hydrogens is 262 g/mol. The average molecular weight is 285 g/mol. The summed E-state index contributed by atoms with van der Waals surface area (Å²) in [6, 6.07) is 0. The minimum atomic E-state index is -0.831. The summed E-state index contributed by atoms with van der Waals surface area (Å²) < 4.78 is 10.9. The first-order chi connectivity index (χ1) is 9.51. The molecule has 2 aliphatic rings. The number of hydrogen-bond acceptors (Lipinski definition) is 4. The molecule has 2 fully saturated rings. The smallest absolute Gasteiger partial charge is 0.311 e. The third kappa shape index (κ3) is 3.70. The van der Waals surface area contributed by atoms with E-state index in [0.29, 0.717) is 39.1 Å². The molecule has 0 aliphatic carbocycles. The van der Waals surface area contributed by atoms with Crippen LogP contribution < -0.4 is 0 Å². The maximum absolute atomic E-state index is 12.0. The lowest BCUT2D eigenvalue weighted by molar-refractivity contribution is -0.147. The van der Waals surface area contributed by atoms with Crippen molar-refractivity contribution in [3.63, 3.8) is 0 Å². The average Bonchev–Trinajstić information content (AvgIpc) is 3.04. The monoisotopic (exact) mass is 285 g/mol. The lowest BCUT2D eigenvalue weighted by atomic mass is 9.90. The van der Waals surface area contributed by atoms with Crippen LogP contribution in [0.25, 0.3) is 0 Å². The largest absolute Gasteiger partial charge is 0.481 e. The summed E-state index contributed by atoms with van der Waals surface area (Å²) in [4.78, 5) is 24.7. The second-order valence-corrected chi connectivity index (χ2v) is 5.89. The van der Waals surface area contributed by atoms with Crippen LogP contribution in [-0.2, 0) is 19.1 Å². The Kier molecular flexibility index (Phi) is 4.99. The van der Waals surface area contributed by atoms with Crippen LogP contribution >= 0.6 is 0 Å². The number of carbonyl (C=O) groups excluding carboxylic acids is 1. The fraction of sp³-hybridized carbons (Fsp3) is 0.857. The SMILES string of the molecule is C[C@]1(C(=O)O)CCN(C(=O)CCOC[C@H]2CCCO2)C1. The molecule has 2 atom stereocenters. The van der Waals surface area contributed by atoms with E-state index in [4.69, 9.17) is 14.6 Å². The van der Waals surface area contributed by atoms with Gasteiger partial charge >= 0.3 is 5.97 Å². The zero-order chi connectivity index (χ0) is 14.6. The molecule has 2 rings (SSSR count). The van der Waals surface area contributed by atoms with E-state index < -0.39 is 11.4 Å². The first-order valence-corrected chi connectivity index (χ1v) is 7.22. The molecule has 0 saturated carbocycles. The van der Waals surface area contributed by atoms with Gasteiger partial charge in [-0.25, -0.2) is 0 Å². The minimum Gasteiger partial charge on any atom is -0.481 e. The highest BCUT2D eigenvalue weighted by molar-refractivity contribution is 5.80. The van der Waals surface area contributed by atoms with Gasteiger partial charge in [0.05, 0.1) is 31.2 Å². The number of rotatable bonds is 6. The summed E-state index contributed by atoms with van der Waals surface area (Å²) >= 11 is 0. The molecule has 1 amide bonds. The first-order valence-electron chi connectivity index (χ1n) is 7.22. The topological polar surface area (TPSA) is 76.1 Å². The van der Waals surface area contributed by atoms with Crippen molar-refractivity contribution < 1.29 is 24.2 Å². The van der Waals surface area contributed by atoms with E-state index >= 15 is 0 Å². The van der Waals surface area contributed by atoms with E-state index in [9.17, 15) is 9.59 Å². The Morgan fingerprint density at radius 3 is 2.90 bits per heavy atom. The fourth-order valence-corrected chi connectivity index (χ4v) is 2.66. The molecule has 20 heavy (non-hydrogen) atoms. The molecule has 0 unspecified atom stereocenters. The molecule has 0 aromatic heterocycles. The number of aliphatic carboxylic acids is 1. The Labute approximate surface area is 119 Å². The van der Waals surface area contributed by atoms with E-state index in [0.717, 1.165) is 19.4 Å². The van der Waals surface area contributed by atoms with Gasteiger partial charge in [0, 0.05) is 19.7 Å². The second-order valence-electron chi connectivity index (χ2n) is 5.89. The van der Waals surface area contributed by atoms with Gasteiger partial charge in [-0.1, -0.05) is 0 Å². The molecule has 2 saturated heterocycles. The Morgan fingerprint density at radius 1 is 1.50 bits per heavy atom. The second kappa shape index (κ2) is 6.54. The molecule has 6 nitrogen and oxygen atoms in total. The molecule has 0 spiro atoms. The van der Waals surface area contributed by atoms with Crippen LogP contribution in [0.15, 0.2) is 0 Å². The Balaban J connectivity index is 1.64. The maximum Gasteiger partial charge on any atom is 0.311 e. The van der Waals surface area contributed by atoms with E-state index in [1.54, 1.807) is 11.8 Å². The highest BCUT2D eigenvalue weighted by Gasteiger charge is 2.41. The van der Waals surface area contributed by atoms with Crippen LogP contribution in [-0.4, -0.2) is 60.9 Å². The maximum atomic E-state index is 12.0. The standard InChI is InChI=1S/C14H23NO5/c1-14(13(17)18)5-6-15(10-14)12(16)4-8-19-9-11-3-2-7-20-11/h11H,2-10H2,1H3,(H,17,18)/t11-,14+/m1/s1. The Morgan fingerprint density at radius 2 is 2.30 bits per heavy atom. The third-order valence-corrected chi connectivity index (χ3v) is 4.13. The van der Waals surface area contributed by atoms with Crippen LogP contribution in [0.1, 0.15) is 32.6 Å². The molecule has 1 N–H and O–H groups in total. The van der Waals surface area contributed by atoms with E-state index in [2.05, 4.69) is 0 Å². The van der Waals surface area contributed by atoms with Crippen LogP contribution in [0.3, 0.4) is 0 Å². The van der Waals surface area contributed by atoms with Gasteiger partial charge in [0.2, 0.25) is 5.91 Å². The van der Waals surface area contributed by atoms with Crippen molar-refractivity contribution in [2.75, 3.05) is 32.9 Å². The number of hydrogen-bond donors (Lipinski definition) is 1. The van der Waals surface area contributed by atoms with Crippen molar-refractivity contribution >= 4 is 11.9 Å². The van der Waals surface area contributed by atoms with Gasteiger partial charge in [-0.05, 0) is 26.2 Å². The van der Waals surface area contributed by atoms with Gasteiger partial charge in [-0.2, -0.15) is 0 Å². The summed E-state index contributed by atoms with van der Waals surface area (Å²) in [7, 11) is 0. The van der Waals surface area contributed by atoms with Gasteiger partial charge < -0.3 is 19.5 Å². The predicted octanol–water partition coefficient (Wildman–Crippen LogP) is 0.895. The zero-order valence-electron chi connectivity index (χ0n) is 12.0. The Hall–Kier alpha value is -1.14. The van der Waals surface area contributed by atoms with Gasteiger partial charge in [0.15, 0.2) is 0 Å². The molecular formula is C14H23NO5. The van der Waals surface area contributed by atoms with Crippen molar-refractivity contribution in [2.45, 2.75) is 38.7 Å². The van der Waals surface area contributed by atoms with Gasteiger partial charge in [0.25, 0.3) is 0 Å². The molecule has 0 aromatic carbocycles. The summed E-state index contributed by atoms with van der Waals surface area (Å²) in [6.07, 6.45) is 3.10. The summed E-state index contributed by atoms with van der Waals surface area (Å²) in [5.74, 6) is -0.857. The number of amides is 1. The number of likely N-dealkylation sites (tertiary alicyclic amines) is 1. The molecule has 6 heteroatoms. The van der Waals surface area contributed by atoms with Gasteiger partial charge in [-0.15, -0.1) is 0 Å². The van der Waals surface area contributed by atoms with Crippen molar-refractivity contribution in [3.8, 4) is 0 Å². The third-order valence-electron chi connectivity index (χ3n) is 4.13. The number of carboxylic acids is 1. The highest BCUT2D eigenvalue weighted by Crippen LogP contribution is 2.30. The normalized spacial score (nSPS) is 29.9. The highest BCUT2D eigenvalue weighted by atomic mass is 16.5. The fourth-order valence-electron chi connectivity index (χ4n) is 2.66. The molecule has 2 heterocycles. The van der Waals surface area contributed by atoms with Crippen molar-refractivity contribution in [2.24, 2.45) is 5.41 Å². The van der Waals surface area contributed by atoms with Gasteiger partial charge in [-0.3, -0.25) is 9.59 Å². The zero-order valence-corrected chi connectivity index (χ0v) is 12.0. The summed E-state index contributed by atoms with van der Waals surface area (Å²) in [6.45, 7) is 4.23. The number of nitrogens with zero attached hydrogens (tertiary/aromatic N) is 1. The summed E-state index contributed by atoms with van der Waals surface area (Å²) in [5.41, 5.74) is -0.797. The number of ether oxygens (including phenoxy) is 2. The minimum absolute atomic E-state index is 0.0256. The molecule has 114 valence electrons. The van der Waals surface area contributed by atoms with Gasteiger partial charge in [0.1, 0.15) is 0 Å². The van der Waals surface area contributed by atoms with Crippen LogP contribution in [0.4, 0.5) is 0 Å². The summed E-state index contributed by atoms with van der Waals surface area (Å²) in [5, 5.41) is 9.13. The quantitative estimate of drug-likeness (QED) is 0.734.